The van der Waals surface area contributed by atoms with Crippen LogP contribution in [0.3, 0.4) is 0 Å². The molecule has 4 rings (SSSR count). The van der Waals surface area contributed by atoms with Crippen LogP contribution >= 0.6 is 0 Å². The zero-order valence-corrected chi connectivity index (χ0v) is 19.4. The average molecular weight is 395 g/mol. The fourth-order valence-corrected chi connectivity index (χ4v) is 9.57. The van der Waals surface area contributed by atoms with E-state index < -0.39 is 8.07 Å². The number of fused-ring (bicyclic) bond motifs is 5. The van der Waals surface area contributed by atoms with E-state index in [0.717, 1.165) is 18.3 Å². The Morgan fingerprint density at radius 1 is 1.07 bits per heavy atom. The zero-order valence-electron chi connectivity index (χ0n) is 18.4. The van der Waals surface area contributed by atoms with Crippen LogP contribution in [0.5, 0.6) is 5.75 Å². The van der Waals surface area contributed by atoms with Crippen LogP contribution in [0.1, 0.15) is 76.8 Å². The van der Waals surface area contributed by atoms with Gasteiger partial charge in [-0.2, -0.15) is 0 Å². The van der Waals surface area contributed by atoms with Crippen molar-refractivity contribution in [3.63, 3.8) is 0 Å². The Hall–Kier alpha value is -1.20. The third-order valence-electron chi connectivity index (χ3n) is 9.25. The number of aryl methyl sites for hydroxylation is 1. The molecule has 5 atom stereocenters. The first-order valence-corrected chi connectivity index (χ1v) is 14.4. The molecule has 0 aromatic heterocycles. The summed E-state index contributed by atoms with van der Waals surface area (Å²) in [5, 5.41) is 9.88. The van der Waals surface area contributed by atoms with Gasteiger partial charge in [-0.25, -0.2) is 0 Å². The highest BCUT2D eigenvalue weighted by Crippen LogP contribution is 2.62. The molecular weight excluding hydrogens is 356 g/mol. The standard InChI is InChI=1S/C26H38OSi/c1-5-28(6-2,7-3)17-15-20-9-13-25-24-11-8-19-18-21(27)10-12-22(19)23(24)14-16-26(20,25)4/h10,12,18,20,23-25,27H,5-9,11,13-14,16H2,1-4H3/t20-,23-,24-,25+,26-/m1/s1. The van der Waals surface area contributed by atoms with Gasteiger partial charge in [-0.1, -0.05) is 33.8 Å². The summed E-state index contributed by atoms with van der Waals surface area (Å²) in [6, 6.07) is 10.1. The zero-order chi connectivity index (χ0) is 19.9. The van der Waals surface area contributed by atoms with E-state index in [-0.39, 0.29) is 0 Å². The Morgan fingerprint density at radius 3 is 2.54 bits per heavy atom. The summed E-state index contributed by atoms with van der Waals surface area (Å²) in [7, 11) is -1.35. The first kappa shape index (κ1) is 20.1. The summed E-state index contributed by atoms with van der Waals surface area (Å²) in [6.45, 7) is 9.69. The first-order valence-electron chi connectivity index (χ1n) is 11.8. The van der Waals surface area contributed by atoms with Gasteiger partial charge in [-0.15, -0.1) is 11.5 Å². The molecule has 152 valence electrons. The predicted octanol–water partition coefficient (Wildman–Crippen LogP) is 6.92. The maximum atomic E-state index is 9.88. The smallest absolute Gasteiger partial charge is 0.137 e. The number of benzene rings is 1. The van der Waals surface area contributed by atoms with E-state index >= 15 is 0 Å². The van der Waals surface area contributed by atoms with Crippen molar-refractivity contribution >= 4 is 8.07 Å². The Balaban J connectivity index is 1.59. The Bertz CT molecular complexity index is 775. The fraction of sp³-hybridized carbons (Fsp3) is 0.692. The van der Waals surface area contributed by atoms with Crippen LogP contribution in [0, 0.1) is 34.6 Å². The Kier molecular flexibility index (Phi) is 5.43. The number of phenolic OH excluding ortho intramolecular Hbond substituents is 1. The number of hydrogen-bond acceptors (Lipinski definition) is 1. The van der Waals surface area contributed by atoms with Crippen LogP contribution in [-0.2, 0) is 6.42 Å². The van der Waals surface area contributed by atoms with Crippen LogP contribution in [0.25, 0.3) is 0 Å². The van der Waals surface area contributed by atoms with Crippen molar-refractivity contribution in [3.8, 4) is 17.2 Å². The summed E-state index contributed by atoms with van der Waals surface area (Å²) in [5.74, 6) is 7.35. The van der Waals surface area contributed by atoms with Gasteiger partial charge >= 0.3 is 0 Å². The molecule has 2 fully saturated rings. The second-order valence-electron chi connectivity index (χ2n) is 10.1. The van der Waals surface area contributed by atoms with E-state index in [9.17, 15) is 5.11 Å². The van der Waals surface area contributed by atoms with E-state index in [1.807, 2.05) is 12.1 Å². The number of aromatic hydroxyl groups is 1. The van der Waals surface area contributed by atoms with Crippen molar-refractivity contribution in [2.24, 2.45) is 23.2 Å². The van der Waals surface area contributed by atoms with Gasteiger partial charge in [0, 0.05) is 5.92 Å². The molecular formula is C26H38OSi. The Labute approximate surface area is 173 Å². The Morgan fingerprint density at radius 2 is 1.82 bits per heavy atom. The van der Waals surface area contributed by atoms with Crippen LogP contribution in [0.2, 0.25) is 18.1 Å². The van der Waals surface area contributed by atoms with E-state index in [1.54, 1.807) is 5.56 Å². The van der Waals surface area contributed by atoms with Gasteiger partial charge in [0.15, 0.2) is 0 Å². The first-order chi connectivity index (χ1) is 13.5. The molecule has 1 aromatic rings. The highest BCUT2D eigenvalue weighted by Gasteiger charge is 2.54. The van der Waals surface area contributed by atoms with E-state index in [4.69, 9.17) is 0 Å². The molecule has 0 bridgehead atoms. The molecule has 0 amide bonds. The molecule has 1 aromatic carbocycles. The minimum Gasteiger partial charge on any atom is -0.508 e. The number of rotatable bonds is 3. The summed E-state index contributed by atoms with van der Waals surface area (Å²) < 4.78 is 0. The molecule has 2 heteroatoms. The second-order valence-corrected chi connectivity index (χ2v) is 15.0. The van der Waals surface area contributed by atoms with Crippen molar-refractivity contribution in [2.45, 2.75) is 90.3 Å². The minimum absolute atomic E-state index is 0.429. The van der Waals surface area contributed by atoms with Crippen molar-refractivity contribution in [1.82, 2.24) is 0 Å². The lowest BCUT2D eigenvalue weighted by Gasteiger charge is -2.50. The van der Waals surface area contributed by atoms with Gasteiger partial charge in [0.2, 0.25) is 0 Å². The third kappa shape index (κ3) is 3.15. The van der Waals surface area contributed by atoms with Gasteiger partial charge in [-0.3, -0.25) is 0 Å². The maximum Gasteiger partial charge on any atom is 0.137 e. The largest absolute Gasteiger partial charge is 0.508 e. The summed E-state index contributed by atoms with van der Waals surface area (Å²) in [6.07, 6.45) is 7.79. The van der Waals surface area contributed by atoms with Crippen molar-refractivity contribution in [1.29, 1.82) is 0 Å². The predicted molar refractivity (Wildman–Crippen MR) is 121 cm³/mol. The number of hydrogen-bond donors (Lipinski definition) is 1. The molecule has 0 saturated heterocycles. The summed E-state index contributed by atoms with van der Waals surface area (Å²) in [4.78, 5) is 0. The molecule has 0 spiro atoms. The van der Waals surface area contributed by atoms with E-state index in [1.165, 1.54) is 55.8 Å². The molecule has 0 radical (unpaired) electrons. The molecule has 2 saturated carbocycles. The van der Waals surface area contributed by atoms with Gasteiger partial charge in [0.1, 0.15) is 13.8 Å². The molecule has 0 unspecified atom stereocenters. The molecule has 0 aliphatic heterocycles. The monoisotopic (exact) mass is 394 g/mol. The topological polar surface area (TPSA) is 20.2 Å². The average Bonchev–Trinajstić information content (AvgIpc) is 3.05. The normalized spacial score (nSPS) is 34.0. The fourth-order valence-electron chi connectivity index (χ4n) is 7.06. The molecule has 3 aliphatic rings. The summed E-state index contributed by atoms with van der Waals surface area (Å²) >= 11 is 0. The maximum absolute atomic E-state index is 9.88. The third-order valence-corrected chi connectivity index (χ3v) is 14.0. The van der Waals surface area contributed by atoms with Gasteiger partial charge < -0.3 is 5.11 Å². The van der Waals surface area contributed by atoms with Gasteiger partial charge in [0.05, 0.1) is 0 Å². The van der Waals surface area contributed by atoms with E-state index in [0.29, 0.717) is 23.0 Å². The lowest BCUT2D eigenvalue weighted by atomic mass is 9.54. The van der Waals surface area contributed by atoms with Crippen LogP contribution in [0.4, 0.5) is 0 Å². The molecule has 3 aliphatic carbocycles. The van der Waals surface area contributed by atoms with Gasteiger partial charge in [0.25, 0.3) is 0 Å². The highest BCUT2D eigenvalue weighted by molar-refractivity contribution is 6.87. The highest BCUT2D eigenvalue weighted by atomic mass is 28.3. The van der Waals surface area contributed by atoms with Crippen LogP contribution < -0.4 is 0 Å². The number of phenols is 1. The summed E-state index contributed by atoms with van der Waals surface area (Å²) in [5.41, 5.74) is 7.31. The van der Waals surface area contributed by atoms with Crippen LogP contribution in [0.15, 0.2) is 18.2 Å². The molecule has 0 heterocycles. The van der Waals surface area contributed by atoms with Gasteiger partial charge in [-0.05, 0) is 103 Å². The second kappa shape index (κ2) is 7.56. The lowest BCUT2D eigenvalue weighted by Crippen LogP contribution is -2.42. The molecule has 1 N–H and O–H groups in total. The quantitative estimate of drug-likeness (QED) is 0.436. The lowest BCUT2D eigenvalue weighted by molar-refractivity contribution is 0.0432. The SMILES string of the molecule is CC[Si](C#C[C@H]1CC[C@H]2[C@@H]3CCc4cc(O)ccc4[C@H]3CC[C@]12C)(CC)CC. The minimum atomic E-state index is -1.35. The van der Waals surface area contributed by atoms with Crippen LogP contribution in [-0.4, -0.2) is 13.2 Å². The molecule has 1 nitrogen and oxygen atoms in total. The van der Waals surface area contributed by atoms with Crippen molar-refractivity contribution in [2.75, 3.05) is 0 Å². The van der Waals surface area contributed by atoms with E-state index in [2.05, 4.69) is 45.2 Å². The van der Waals surface area contributed by atoms with Crippen molar-refractivity contribution < 1.29 is 5.11 Å². The molecule has 28 heavy (non-hydrogen) atoms. The van der Waals surface area contributed by atoms with Crippen molar-refractivity contribution in [3.05, 3.63) is 29.3 Å².